The van der Waals surface area contributed by atoms with Gasteiger partial charge in [0, 0.05) is 29.3 Å². The number of rotatable bonds is 5. The van der Waals surface area contributed by atoms with Crippen molar-refractivity contribution in [1.82, 2.24) is 20.3 Å². The molecule has 2 heterocycles. The molecule has 0 aliphatic rings. The Labute approximate surface area is 163 Å². The van der Waals surface area contributed by atoms with Crippen LogP contribution in [0.2, 0.25) is 0 Å². The van der Waals surface area contributed by atoms with Crippen molar-refractivity contribution in [3.63, 3.8) is 0 Å². The summed E-state index contributed by atoms with van der Waals surface area (Å²) in [5, 5.41) is 3.97. The molecular weight excluding hydrogens is 348 g/mol. The Balaban J connectivity index is 1.43. The first kappa shape index (κ1) is 17.9. The lowest BCUT2D eigenvalue weighted by molar-refractivity contribution is 0.0951. The number of nitrogens with zero attached hydrogens (tertiary/aromatic N) is 2. The normalized spacial score (nSPS) is 11.1. The van der Waals surface area contributed by atoms with Crippen molar-refractivity contribution >= 4 is 16.9 Å². The maximum atomic E-state index is 12.4. The van der Waals surface area contributed by atoms with Crippen LogP contribution in [0.5, 0.6) is 0 Å². The molecule has 5 nitrogen and oxygen atoms in total. The summed E-state index contributed by atoms with van der Waals surface area (Å²) in [7, 11) is 0. The number of benzene rings is 2. The van der Waals surface area contributed by atoms with Crippen molar-refractivity contribution in [2.45, 2.75) is 26.3 Å². The highest BCUT2D eigenvalue weighted by Crippen LogP contribution is 2.24. The van der Waals surface area contributed by atoms with Crippen molar-refractivity contribution < 1.29 is 4.79 Å². The van der Waals surface area contributed by atoms with Gasteiger partial charge in [0.15, 0.2) is 0 Å². The number of aromatic amines is 1. The van der Waals surface area contributed by atoms with E-state index in [2.05, 4.69) is 34.1 Å². The second-order valence-corrected chi connectivity index (χ2v) is 7.12. The second kappa shape index (κ2) is 7.64. The van der Waals surface area contributed by atoms with Gasteiger partial charge < -0.3 is 10.3 Å². The topological polar surface area (TPSA) is 70.7 Å². The minimum absolute atomic E-state index is 0.0655. The molecule has 0 bridgehead atoms. The van der Waals surface area contributed by atoms with E-state index in [0.29, 0.717) is 18.0 Å². The van der Waals surface area contributed by atoms with Crippen LogP contribution in [0.15, 0.2) is 67.1 Å². The fourth-order valence-electron chi connectivity index (χ4n) is 3.19. The minimum Gasteiger partial charge on any atom is -0.348 e. The average Bonchev–Trinajstić information content (AvgIpc) is 3.21. The number of carbonyl (C=O) groups is 1. The zero-order valence-electron chi connectivity index (χ0n) is 15.9. The summed E-state index contributed by atoms with van der Waals surface area (Å²) in [4.78, 5) is 24.1. The Kier molecular flexibility index (Phi) is 4.89. The van der Waals surface area contributed by atoms with E-state index in [1.807, 2.05) is 60.8 Å². The zero-order chi connectivity index (χ0) is 19.5. The number of hydrogen-bond acceptors (Lipinski definition) is 3. The van der Waals surface area contributed by atoms with Gasteiger partial charge >= 0.3 is 0 Å². The summed E-state index contributed by atoms with van der Waals surface area (Å²) in [5.74, 6) is 0.391. The van der Waals surface area contributed by atoms with Gasteiger partial charge in [-0.2, -0.15) is 0 Å². The Hall–Kier alpha value is -3.47. The van der Waals surface area contributed by atoms with E-state index in [9.17, 15) is 4.79 Å². The number of nitrogens with one attached hydrogen (secondary N) is 2. The Morgan fingerprint density at radius 1 is 1.00 bits per heavy atom. The SMILES string of the molecule is CC(C)c1ccc(C(=O)NCc2ccc(-c3ncnc4[nH]ccc34)cc2)cc1. The maximum Gasteiger partial charge on any atom is 0.251 e. The lowest BCUT2D eigenvalue weighted by Crippen LogP contribution is -2.22. The highest BCUT2D eigenvalue weighted by atomic mass is 16.1. The van der Waals surface area contributed by atoms with Crippen molar-refractivity contribution in [2.24, 2.45) is 0 Å². The molecule has 0 aliphatic carbocycles. The van der Waals surface area contributed by atoms with E-state index in [1.165, 1.54) is 5.56 Å². The maximum absolute atomic E-state index is 12.4. The third-order valence-corrected chi connectivity index (χ3v) is 4.87. The molecule has 0 atom stereocenters. The van der Waals surface area contributed by atoms with E-state index in [1.54, 1.807) is 6.33 Å². The first-order valence-electron chi connectivity index (χ1n) is 9.37. The van der Waals surface area contributed by atoms with Crippen molar-refractivity contribution in [2.75, 3.05) is 0 Å². The highest BCUT2D eigenvalue weighted by Gasteiger charge is 2.09. The number of hydrogen-bond donors (Lipinski definition) is 2. The van der Waals surface area contributed by atoms with Gasteiger partial charge in [0.05, 0.1) is 5.69 Å². The summed E-state index contributed by atoms with van der Waals surface area (Å²) < 4.78 is 0. The second-order valence-electron chi connectivity index (χ2n) is 7.12. The van der Waals surface area contributed by atoms with E-state index in [0.717, 1.165) is 27.9 Å². The molecule has 2 aromatic heterocycles. The standard InChI is InChI=1S/C23H22N4O/c1-15(2)17-7-9-19(10-8-17)23(28)25-13-16-3-5-18(6-4-16)21-20-11-12-24-22(20)27-14-26-21/h3-12,14-15H,13H2,1-2H3,(H,25,28)(H,24,26,27). The molecule has 0 aliphatic heterocycles. The number of carbonyl (C=O) groups excluding carboxylic acids is 1. The molecular formula is C23H22N4O. The minimum atomic E-state index is -0.0655. The van der Waals surface area contributed by atoms with Crippen molar-refractivity contribution in [3.05, 3.63) is 83.8 Å². The molecule has 0 saturated carbocycles. The van der Waals surface area contributed by atoms with Crippen LogP contribution in [-0.4, -0.2) is 20.9 Å². The summed E-state index contributed by atoms with van der Waals surface area (Å²) in [6, 6.07) is 17.8. The van der Waals surface area contributed by atoms with Crippen LogP contribution in [0.3, 0.4) is 0 Å². The van der Waals surface area contributed by atoms with Crippen LogP contribution in [-0.2, 0) is 6.54 Å². The molecule has 4 aromatic rings. The lowest BCUT2D eigenvalue weighted by Gasteiger charge is -2.09. The molecule has 5 heteroatoms. The molecule has 2 aromatic carbocycles. The predicted octanol–water partition coefficient (Wildman–Crippen LogP) is 4.68. The Bertz CT molecular complexity index is 1100. The molecule has 28 heavy (non-hydrogen) atoms. The summed E-state index contributed by atoms with van der Waals surface area (Å²) in [6.07, 6.45) is 3.42. The molecule has 0 fully saturated rings. The van der Waals surface area contributed by atoms with Gasteiger partial charge in [0.25, 0.3) is 5.91 Å². The first-order valence-corrected chi connectivity index (χ1v) is 9.37. The quantitative estimate of drug-likeness (QED) is 0.536. The van der Waals surface area contributed by atoms with E-state index < -0.39 is 0 Å². The molecule has 0 spiro atoms. The highest BCUT2D eigenvalue weighted by molar-refractivity contribution is 5.94. The Morgan fingerprint density at radius 3 is 2.46 bits per heavy atom. The predicted molar refractivity (Wildman–Crippen MR) is 111 cm³/mol. The number of H-pyrrole nitrogens is 1. The smallest absolute Gasteiger partial charge is 0.251 e. The monoisotopic (exact) mass is 370 g/mol. The third-order valence-electron chi connectivity index (χ3n) is 4.87. The van der Waals surface area contributed by atoms with Gasteiger partial charge in [-0.3, -0.25) is 4.79 Å². The molecule has 0 radical (unpaired) electrons. The average molecular weight is 370 g/mol. The van der Waals surface area contributed by atoms with Gasteiger partial charge in [-0.25, -0.2) is 9.97 Å². The first-order chi connectivity index (χ1) is 13.6. The van der Waals surface area contributed by atoms with Gasteiger partial charge in [0.1, 0.15) is 12.0 Å². The van der Waals surface area contributed by atoms with Crippen LogP contribution < -0.4 is 5.32 Å². The largest absolute Gasteiger partial charge is 0.348 e. The van der Waals surface area contributed by atoms with E-state index >= 15 is 0 Å². The number of amides is 1. The van der Waals surface area contributed by atoms with Gasteiger partial charge in [-0.1, -0.05) is 50.2 Å². The van der Waals surface area contributed by atoms with Gasteiger partial charge in [-0.05, 0) is 35.2 Å². The zero-order valence-corrected chi connectivity index (χ0v) is 15.9. The molecule has 2 N–H and O–H groups in total. The third kappa shape index (κ3) is 3.64. The summed E-state index contributed by atoms with van der Waals surface area (Å²) in [5.41, 5.74) is 5.68. The van der Waals surface area contributed by atoms with Crippen LogP contribution >= 0.6 is 0 Å². The van der Waals surface area contributed by atoms with Crippen LogP contribution in [0.1, 0.15) is 41.3 Å². The van der Waals surface area contributed by atoms with Crippen molar-refractivity contribution in [3.8, 4) is 11.3 Å². The van der Waals surface area contributed by atoms with E-state index in [4.69, 9.17) is 0 Å². The van der Waals surface area contributed by atoms with Gasteiger partial charge in [-0.15, -0.1) is 0 Å². The molecule has 0 unspecified atom stereocenters. The van der Waals surface area contributed by atoms with Gasteiger partial charge in [0.2, 0.25) is 0 Å². The van der Waals surface area contributed by atoms with Crippen LogP contribution in [0.4, 0.5) is 0 Å². The molecule has 1 amide bonds. The fraction of sp³-hybridized carbons (Fsp3) is 0.174. The molecule has 140 valence electrons. The summed E-state index contributed by atoms with van der Waals surface area (Å²) >= 11 is 0. The number of aromatic nitrogens is 3. The van der Waals surface area contributed by atoms with E-state index in [-0.39, 0.29) is 5.91 Å². The molecule has 4 rings (SSSR count). The number of fused-ring (bicyclic) bond motifs is 1. The van der Waals surface area contributed by atoms with Crippen molar-refractivity contribution in [1.29, 1.82) is 0 Å². The Morgan fingerprint density at radius 2 is 1.75 bits per heavy atom. The fourth-order valence-corrected chi connectivity index (χ4v) is 3.19. The summed E-state index contributed by atoms with van der Waals surface area (Å²) in [6.45, 7) is 4.76. The molecule has 0 saturated heterocycles. The lowest BCUT2D eigenvalue weighted by atomic mass is 10.0. The van der Waals surface area contributed by atoms with Crippen LogP contribution in [0.25, 0.3) is 22.3 Å². The van der Waals surface area contributed by atoms with Crippen LogP contribution in [0, 0.1) is 0 Å².